The van der Waals surface area contributed by atoms with Crippen LogP contribution in [0.15, 0.2) is 42.5 Å². The van der Waals surface area contributed by atoms with Crippen molar-refractivity contribution >= 4 is 23.9 Å². The monoisotopic (exact) mass is 588 g/mol. The fourth-order valence-electron chi connectivity index (χ4n) is 4.48. The van der Waals surface area contributed by atoms with E-state index in [2.05, 4.69) is 0 Å². The highest BCUT2D eigenvalue weighted by atomic mass is 16.7. The van der Waals surface area contributed by atoms with E-state index in [9.17, 15) is 19.2 Å². The van der Waals surface area contributed by atoms with Crippen LogP contribution in [0.25, 0.3) is 0 Å². The van der Waals surface area contributed by atoms with E-state index in [4.69, 9.17) is 37.9 Å². The highest BCUT2D eigenvalue weighted by molar-refractivity contribution is 5.68. The molecule has 2 aromatic carbocycles. The van der Waals surface area contributed by atoms with Crippen molar-refractivity contribution in [1.82, 2.24) is 0 Å². The van der Waals surface area contributed by atoms with Gasteiger partial charge in [-0.3, -0.25) is 19.2 Å². The van der Waals surface area contributed by atoms with Crippen LogP contribution in [-0.4, -0.2) is 75.4 Å². The number of carbonyl (C=O) groups is 4. The van der Waals surface area contributed by atoms with Crippen molar-refractivity contribution in [3.63, 3.8) is 0 Å². The van der Waals surface area contributed by atoms with E-state index in [0.29, 0.717) is 17.9 Å². The van der Waals surface area contributed by atoms with E-state index in [1.807, 2.05) is 36.4 Å². The molecule has 1 fully saturated rings. The van der Waals surface area contributed by atoms with Gasteiger partial charge >= 0.3 is 23.9 Å². The van der Waals surface area contributed by atoms with Gasteiger partial charge in [-0.1, -0.05) is 24.3 Å². The van der Waals surface area contributed by atoms with Crippen LogP contribution in [0.5, 0.6) is 11.5 Å². The number of methoxy groups -OCH3 is 2. The lowest BCUT2D eigenvalue weighted by Crippen LogP contribution is -2.63. The van der Waals surface area contributed by atoms with Crippen LogP contribution in [-0.2, 0) is 60.6 Å². The topological polar surface area (TPSA) is 142 Å². The van der Waals surface area contributed by atoms with E-state index in [0.717, 1.165) is 30.5 Å². The predicted octanol–water partition coefficient (Wildman–Crippen LogP) is 2.89. The summed E-state index contributed by atoms with van der Waals surface area (Å²) in [5.41, 5.74) is 2.51. The summed E-state index contributed by atoms with van der Waals surface area (Å²) in [5.74, 6) is -1.70. The highest BCUT2D eigenvalue weighted by Gasteiger charge is 2.53. The summed E-state index contributed by atoms with van der Waals surface area (Å²) in [6, 6.07) is 13.0. The third-order valence-electron chi connectivity index (χ3n) is 6.19. The molecule has 0 amide bonds. The van der Waals surface area contributed by atoms with Crippen LogP contribution in [0, 0.1) is 0 Å². The minimum absolute atomic E-state index is 0.289. The number of hydrogen-bond acceptors (Lipinski definition) is 12. The normalized spacial score (nSPS) is 21.5. The first-order valence-corrected chi connectivity index (χ1v) is 13.2. The molecule has 5 atom stereocenters. The predicted molar refractivity (Wildman–Crippen MR) is 146 cm³/mol. The lowest BCUT2D eigenvalue weighted by molar-refractivity contribution is -0.288. The van der Waals surface area contributed by atoms with Crippen molar-refractivity contribution in [3.8, 4) is 11.5 Å². The summed E-state index contributed by atoms with van der Waals surface area (Å²) in [7, 11) is 3.15. The van der Waals surface area contributed by atoms with Gasteiger partial charge in [-0.15, -0.1) is 0 Å². The number of benzene rings is 2. The molecule has 2 aromatic rings. The van der Waals surface area contributed by atoms with Crippen LogP contribution < -0.4 is 9.47 Å². The van der Waals surface area contributed by atoms with Gasteiger partial charge in [-0.05, 0) is 34.9 Å². The maximum Gasteiger partial charge on any atom is 0.303 e. The Morgan fingerprint density at radius 3 is 1.90 bits per heavy atom. The zero-order valence-corrected chi connectivity index (χ0v) is 24.4. The third-order valence-corrected chi connectivity index (χ3v) is 6.19. The Kier molecular flexibility index (Phi) is 11.7. The maximum atomic E-state index is 12.2. The second-order valence-electron chi connectivity index (χ2n) is 9.59. The van der Waals surface area contributed by atoms with Crippen molar-refractivity contribution < 1.29 is 57.1 Å². The summed E-state index contributed by atoms with van der Waals surface area (Å²) in [5, 5.41) is 0. The Bertz CT molecular complexity index is 1240. The second kappa shape index (κ2) is 15.2. The molecule has 0 saturated carbocycles. The molecule has 0 aliphatic carbocycles. The SMILES string of the molecule is COCc1ccc(Cc2ccc(OC)cc2)c(O[C@@H]2O[C@H](COC(C)=O)[C@@H](OC(C)=O)[C@H](OC(C)=O)[C@H]2OC(C)=O)c1. The van der Waals surface area contributed by atoms with Gasteiger partial charge in [-0.2, -0.15) is 0 Å². The minimum atomic E-state index is -1.36. The Morgan fingerprint density at radius 1 is 0.738 bits per heavy atom. The molecule has 3 rings (SSSR count). The molecule has 0 spiro atoms. The molecule has 1 aliphatic rings. The molecule has 0 N–H and O–H groups in total. The van der Waals surface area contributed by atoms with Crippen LogP contribution in [0.2, 0.25) is 0 Å². The molecule has 0 bridgehead atoms. The number of rotatable bonds is 12. The quantitative estimate of drug-likeness (QED) is 0.266. The van der Waals surface area contributed by atoms with Gasteiger partial charge < -0.3 is 37.9 Å². The Morgan fingerprint density at radius 2 is 1.33 bits per heavy atom. The van der Waals surface area contributed by atoms with Crippen LogP contribution in [0.1, 0.15) is 44.4 Å². The average molecular weight is 589 g/mol. The minimum Gasteiger partial charge on any atom is -0.497 e. The zero-order valence-electron chi connectivity index (χ0n) is 24.4. The zero-order chi connectivity index (χ0) is 30.8. The smallest absolute Gasteiger partial charge is 0.303 e. The molecule has 1 heterocycles. The number of hydrogen-bond donors (Lipinski definition) is 0. The molecule has 1 saturated heterocycles. The van der Waals surface area contributed by atoms with Crippen molar-refractivity contribution in [2.45, 2.75) is 71.4 Å². The summed E-state index contributed by atoms with van der Waals surface area (Å²) >= 11 is 0. The van der Waals surface area contributed by atoms with Crippen LogP contribution in [0.4, 0.5) is 0 Å². The molecular formula is C30H36O12. The second-order valence-corrected chi connectivity index (χ2v) is 9.59. The van der Waals surface area contributed by atoms with Gasteiger partial charge in [0, 0.05) is 41.2 Å². The fraction of sp³-hybridized carbons (Fsp3) is 0.467. The molecule has 0 radical (unpaired) electrons. The average Bonchev–Trinajstić information content (AvgIpc) is 2.92. The van der Waals surface area contributed by atoms with E-state index in [1.54, 1.807) is 20.3 Å². The number of carbonyl (C=O) groups excluding carboxylic acids is 4. The highest BCUT2D eigenvalue weighted by Crippen LogP contribution is 2.33. The molecular weight excluding hydrogens is 552 g/mol. The van der Waals surface area contributed by atoms with Gasteiger partial charge in [0.2, 0.25) is 12.4 Å². The first kappa shape index (κ1) is 32.4. The molecule has 12 nitrogen and oxygen atoms in total. The van der Waals surface area contributed by atoms with Crippen LogP contribution >= 0.6 is 0 Å². The Hall–Kier alpha value is -4.16. The lowest BCUT2D eigenvalue weighted by Gasteiger charge is -2.44. The van der Waals surface area contributed by atoms with Crippen molar-refractivity contribution in [1.29, 1.82) is 0 Å². The largest absolute Gasteiger partial charge is 0.497 e. The number of ether oxygens (including phenoxy) is 8. The lowest BCUT2D eigenvalue weighted by atomic mass is 9.97. The van der Waals surface area contributed by atoms with Crippen molar-refractivity contribution in [3.05, 3.63) is 59.2 Å². The molecule has 12 heteroatoms. The number of esters is 4. The molecule has 228 valence electrons. The van der Waals surface area contributed by atoms with Crippen molar-refractivity contribution in [2.75, 3.05) is 20.8 Å². The molecule has 42 heavy (non-hydrogen) atoms. The summed E-state index contributed by atoms with van der Waals surface area (Å²) < 4.78 is 44.6. The molecule has 0 unspecified atom stereocenters. The summed E-state index contributed by atoms with van der Waals surface area (Å²) in [6.07, 6.45) is -6.03. The fourth-order valence-corrected chi connectivity index (χ4v) is 4.48. The van der Waals surface area contributed by atoms with E-state index < -0.39 is 54.6 Å². The molecule has 0 aromatic heterocycles. The Labute approximate surface area is 244 Å². The van der Waals surface area contributed by atoms with Gasteiger partial charge in [0.25, 0.3) is 0 Å². The maximum absolute atomic E-state index is 12.2. The Balaban J connectivity index is 2.05. The standard InChI is InChI=1S/C30H36O12/c1-17(31)37-16-26-27(38-18(2)32)28(39-19(3)33)29(40-20(4)34)30(42-26)41-25-14-22(15-35-5)7-10-23(25)13-21-8-11-24(36-6)12-9-21/h7-12,14,26-30H,13,15-16H2,1-6H3/t26-,27-,28+,29-,30-/m1/s1. The van der Waals surface area contributed by atoms with Crippen LogP contribution in [0.3, 0.4) is 0 Å². The van der Waals surface area contributed by atoms with E-state index in [1.165, 1.54) is 13.8 Å². The van der Waals surface area contributed by atoms with Gasteiger partial charge in [0.05, 0.1) is 13.7 Å². The van der Waals surface area contributed by atoms with E-state index >= 15 is 0 Å². The third kappa shape index (κ3) is 9.18. The van der Waals surface area contributed by atoms with E-state index in [-0.39, 0.29) is 13.2 Å². The summed E-state index contributed by atoms with van der Waals surface area (Å²) in [6.45, 7) is 4.61. The van der Waals surface area contributed by atoms with Gasteiger partial charge in [-0.25, -0.2) is 0 Å². The first-order valence-electron chi connectivity index (χ1n) is 13.2. The van der Waals surface area contributed by atoms with Gasteiger partial charge in [0.1, 0.15) is 24.2 Å². The summed E-state index contributed by atoms with van der Waals surface area (Å²) in [4.78, 5) is 48.0. The van der Waals surface area contributed by atoms with Gasteiger partial charge in [0.15, 0.2) is 12.2 Å². The van der Waals surface area contributed by atoms with Crippen molar-refractivity contribution in [2.24, 2.45) is 0 Å². The first-order chi connectivity index (χ1) is 20.0. The molecule has 1 aliphatic heterocycles.